The van der Waals surface area contributed by atoms with Gasteiger partial charge in [-0.25, -0.2) is 0 Å². The second-order valence-corrected chi connectivity index (χ2v) is 6.66. The van der Waals surface area contributed by atoms with Gasteiger partial charge in [-0.1, -0.05) is 48.5 Å². The molecule has 0 unspecified atom stereocenters. The van der Waals surface area contributed by atoms with E-state index in [1.54, 1.807) is 12.4 Å². The summed E-state index contributed by atoms with van der Waals surface area (Å²) in [5.74, 6) is -0.0148. The number of rotatable bonds is 6. The molecule has 0 aliphatic heterocycles. The number of carbonyl (C=O) groups is 1. The van der Waals surface area contributed by atoms with Gasteiger partial charge in [-0.15, -0.1) is 0 Å². The summed E-state index contributed by atoms with van der Waals surface area (Å²) in [6.07, 6.45) is 3.38. The SMILES string of the molecule is CCN(Cc1ccccc1)C(=O)c1cncc(Nc2c(C)cccc2C)c1. The van der Waals surface area contributed by atoms with Crippen molar-refractivity contribution in [1.82, 2.24) is 9.88 Å². The van der Waals surface area contributed by atoms with Crippen molar-refractivity contribution < 1.29 is 4.79 Å². The summed E-state index contributed by atoms with van der Waals surface area (Å²) in [4.78, 5) is 19.1. The Bertz CT molecular complexity index is 902. The van der Waals surface area contributed by atoms with Crippen LogP contribution in [-0.2, 0) is 6.54 Å². The number of benzene rings is 2. The molecule has 0 atom stereocenters. The topological polar surface area (TPSA) is 45.2 Å². The third-order valence-corrected chi connectivity index (χ3v) is 4.62. The van der Waals surface area contributed by atoms with Crippen molar-refractivity contribution in [1.29, 1.82) is 0 Å². The van der Waals surface area contributed by atoms with E-state index in [0.717, 1.165) is 28.1 Å². The first-order valence-electron chi connectivity index (χ1n) is 9.20. The normalized spacial score (nSPS) is 10.5. The number of hydrogen-bond donors (Lipinski definition) is 1. The van der Waals surface area contributed by atoms with E-state index in [1.807, 2.05) is 54.3 Å². The number of hydrogen-bond acceptors (Lipinski definition) is 3. The van der Waals surface area contributed by atoms with Gasteiger partial charge in [-0.05, 0) is 43.5 Å². The third-order valence-electron chi connectivity index (χ3n) is 4.62. The molecule has 0 saturated carbocycles. The van der Waals surface area contributed by atoms with Crippen molar-refractivity contribution in [3.8, 4) is 0 Å². The number of aromatic nitrogens is 1. The van der Waals surface area contributed by atoms with Crippen molar-refractivity contribution in [2.45, 2.75) is 27.3 Å². The smallest absolute Gasteiger partial charge is 0.255 e. The molecule has 0 aliphatic carbocycles. The zero-order chi connectivity index (χ0) is 19.2. The van der Waals surface area contributed by atoms with Gasteiger partial charge in [0.25, 0.3) is 5.91 Å². The summed E-state index contributed by atoms with van der Waals surface area (Å²) in [7, 11) is 0. The molecule has 0 spiro atoms. The Hall–Kier alpha value is -3.14. The van der Waals surface area contributed by atoms with Crippen LogP contribution in [0.15, 0.2) is 67.0 Å². The molecule has 138 valence electrons. The molecular formula is C23H25N3O. The van der Waals surface area contributed by atoms with E-state index in [0.29, 0.717) is 18.7 Å². The predicted octanol–water partition coefficient (Wildman–Crippen LogP) is 5.10. The Morgan fingerprint density at radius 2 is 1.70 bits per heavy atom. The number of nitrogens with zero attached hydrogens (tertiary/aromatic N) is 2. The van der Waals surface area contributed by atoms with E-state index in [4.69, 9.17) is 0 Å². The van der Waals surface area contributed by atoms with E-state index >= 15 is 0 Å². The number of aryl methyl sites for hydroxylation is 2. The zero-order valence-electron chi connectivity index (χ0n) is 16.1. The second-order valence-electron chi connectivity index (χ2n) is 6.66. The molecule has 1 aromatic heterocycles. The van der Waals surface area contributed by atoms with E-state index in [9.17, 15) is 4.79 Å². The lowest BCUT2D eigenvalue weighted by molar-refractivity contribution is 0.0752. The molecule has 27 heavy (non-hydrogen) atoms. The van der Waals surface area contributed by atoms with Crippen molar-refractivity contribution in [2.75, 3.05) is 11.9 Å². The lowest BCUT2D eigenvalue weighted by atomic mass is 10.1. The van der Waals surface area contributed by atoms with Crippen molar-refractivity contribution in [3.63, 3.8) is 0 Å². The van der Waals surface area contributed by atoms with Gasteiger partial charge in [0.2, 0.25) is 0 Å². The zero-order valence-corrected chi connectivity index (χ0v) is 16.1. The Balaban J connectivity index is 1.80. The van der Waals surface area contributed by atoms with Crippen LogP contribution in [0.4, 0.5) is 11.4 Å². The van der Waals surface area contributed by atoms with Crippen molar-refractivity contribution in [2.24, 2.45) is 0 Å². The first-order valence-corrected chi connectivity index (χ1v) is 9.20. The van der Waals surface area contributed by atoms with Gasteiger partial charge in [0.1, 0.15) is 0 Å². The van der Waals surface area contributed by atoms with Gasteiger partial charge in [-0.3, -0.25) is 9.78 Å². The quantitative estimate of drug-likeness (QED) is 0.665. The van der Waals surface area contributed by atoms with Crippen LogP contribution in [0.3, 0.4) is 0 Å². The average molecular weight is 359 g/mol. The number of carbonyl (C=O) groups excluding carboxylic acids is 1. The molecule has 1 amide bonds. The van der Waals surface area contributed by atoms with Gasteiger partial charge < -0.3 is 10.2 Å². The number of anilines is 2. The Morgan fingerprint density at radius 1 is 1.00 bits per heavy atom. The first kappa shape index (κ1) is 18.6. The number of pyridine rings is 1. The fourth-order valence-electron chi connectivity index (χ4n) is 3.09. The predicted molar refractivity (Wildman–Crippen MR) is 110 cm³/mol. The summed E-state index contributed by atoms with van der Waals surface area (Å²) in [5, 5.41) is 3.41. The van der Waals surface area contributed by atoms with Crippen LogP contribution in [0.1, 0.15) is 34.0 Å². The van der Waals surface area contributed by atoms with Crippen LogP contribution in [0, 0.1) is 13.8 Å². The highest BCUT2D eigenvalue weighted by Crippen LogP contribution is 2.24. The minimum absolute atomic E-state index is 0.0148. The molecular weight excluding hydrogens is 334 g/mol. The van der Waals surface area contributed by atoms with E-state index < -0.39 is 0 Å². The highest BCUT2D eigenvalue weighted by molar-refractivity contribution is 5.95. The summed E-state index contributed by atoms with van der Waals surface area (Å²) in [5.41, 5.74) is 5.89. The van der Waals surface area contributed by atoms with Gasteiger partial charge in [0.05, 0.1) is 17.4 Å². The fraction of sp³-hybridized carbons (Fsp3) is 0.217. The molecule has 0 bridgehead atoms. The Labute approximate surface area is 160 Å². The Morgan fingerprint density at radius 3 is 2.37 bits per heavy atom. The Kier molecular flexibility index (Phi) is 5.87. The summed E-state index contributed by atoms with van der Waals surface area (Å²) < 4.78 is 0. The number of amides is 1. The minimum atomic E-state index is -0.0148. The molecule has 0 fully saturated rings. The van der Waals surface area contributed by atoms with Crippen LogP contribution in [0.2, 0.25) is 0 Å². The maximum absolute atomic E-state index is 13.0. The third kappa shape index (κ3) is 4.53. The van der Waals surface area contributed by atoms with Crippen LogP contribution in [0.25, 0.3) is 0 Å². The van der Waals surface area contributed by atoms with Crippen LogP contribution in [-0.4, -0.2) is 22.3 Å². The van der Waals surface area contributed by atoms with Gasteiger partial charge in [0.15, 0.2) is 0 Å². The van der Waals surface area contributed by atoms with Crippen molar-refractivity contribution >= 4 is 17.3 Å². The molecule has 1 heterocycles. The summed E-state index contributed by atoms with van der Waals surface area (Å²) in [6.45, 7) is 7.35. The largest absolute Gasteiger partial charge is 0.354 e. The van der Waals surface area contributed by atoms with Gasteiger partial charge in [0, 0.05) is 25.0 Å². The van der Waals surface area contributed by atoms with Gasteiger partial charge >= 0.3 is 0 Å². The maximum Gasteiger partial charge on any atom is 0.255 e. The second kappa shape index (κ2) is 8.49. The molecule has 3 rings (SSSR count). The first-order chi connectivity index (χ1) is 13.1. The van der Waals surface area contributed by atoms with Crippen LogP contribution in [0.5, 0.6) is 0 Å². The van der Waals surface area contributed by atoms with E-state index in [-0.39, 0.29) is 5.91 Å². The maximum atomic E-state index is 13.0. The van der Waals surface area contributed by atoms with Gasteiger partial charge in [-0.2, -0.15) is 0 Å². The highest BCUT2D eigenvalue weighted by atomic mass is 16.2. The standard InChI is InChI=1S/C23H25N3O/c1-4-26(16-19-11-6-5-7-12-19)23(27)20-13-21(15-24-14-20)25-22-17(2)9-8-10-18(22)3/h5-15,25H,4,16H2,1-3H3. The molecule has 0 radical (unpaired) electrons. The number of nitrogens with one attached hydrogen (secondary N) is 1. The molecule has 3 aromatic rings. The molecule has 0 aliphatic rings. The molecule has 4 nitrogen and oxygen atoms in total. The minimum Gasteiger partial charge on any atom is -0.354 e. The van der Waals surface area contributed by atoms with Crippen molar-refractivity contribution in [3.05, 3.63) is 89.2 Å². The lowest BCUT2D eigenvalue weighted by Crippen LogP contribution is -2.30. The van der Waals surface area contributed by atoms with E-state index in [1.165, 1.54) is 0 Å². The molecule has 2 aromatic carbocycles. The van der Waals surface area contributed by atoms with Crippen LogP contribution < -0.4 is 5.32 Å². The average Bonchev–Trinajstić information content (AvgIpc) is 2.69. The van der Waals surface area contributed by atoms with Crippen LogP contribution >= 0.6 is 0 Å². The molecule has 1 N–H and O–H groups in total. The fourth-order valence-corrected chi connectivity index (χ4v) is 3.09. The highest BCUT2D eigenvalue weighted by Gasteiger charge is 2.16. The lowest BCUT2D eigenvalue weighted by Gasteiger charge is -2.21. The summed E-state index contributed by atoms with van der Waals surface area (Å²) in [6, 6.07) is 18.1. The van der Waals surface area contributed by atoms with E-state index in [2.05, 4.69) is 36.3 Å². The number of para-hydroxylation sites is 1. The molecule has 4 heteroatoms. The summed E-state index contributed by atoms with van der Waals surface area (Å²) >= 11 is 0. The monoisotopic (exact) mass is 359 g/mol. The molecule has 0 saturated heterocycles.